The topological polar surface area (TPSA) is 67.2 Å². The van der Waals surface area contributed by atoms with Gasteiger partial charge in [0, 0.05) is 24.8 Å². The summed E-state index contributed by atoms with van der Waals surface area (Å²) in [6, 6.07) is 17.6. The van der Waals surface area contributed by atoms with Gasteiger partial charge in [0.1, 0.15) is 5.69 Å². The number of hydrogen-bond donors (Lipinski definition) is 1. The lowest BCUT2D eigenvalue weighted by atomic mass is 10.0. The number of amides is 2. The number of para-hydroxylation sites is 1. The first-order valence-electron chi connectivity index (χ1n) is 8.90. The molecule has 0 bridgehead atoms. The van der Waals surface area contributed by atoms with Crippen LogP contribution >= 0.6 is 0 Å². The van der Waals surface area contributed by atoms with E-state index in [9.17, 15) is 9.59 Å². The normalized spacial score (nSPS) is 14.1. The smallest absolute Gasteiger partial charge is 0.258 e. The van der Waals surface area contributed by atoms with Gasteiger partial charge in [-0.25, -0.2) is 4.68 Å². The van der Waals surface area contributed by atoms with E-state index in [1.165, 1.54) is 0 Å². The number of hydrogen-bond acceptors (Lipinski definition) is 3. The van der Waals surface area contributed by atoms with Crippen molar-refractivity contribution in [2.45, 2.75) is 6.92 Å². The number of benzene rings is 2. The molecule has 0 atom stereocenters. The lowest BCUT2D eigenvalue weighted by molar-refractivity contribution is -0.123. The van der Waals surface area contributed by atoms with Gasteiger partial charge < -0.3 is 10.2 Å². The lowest BCUT2D eigenvalue weighted by Crippen LogP contribution is -2.50. The fraction of sp³-hybridized carbons (Fsp3) is 0.190. The Morgan fingerprint density at radius 3 is 2.67 bits per heavy atom. The molecule has 136 valence electrons. The first-order valence-corrected chi connectivity index (χ1v) is 8.90. The summed E-state index contributed by atoms with van der Waals surface area (Å²) in [5.74, 6) is -0.314. The molecule has 0 saturated carbocycles. The molecule has 1 aromatic heterocycles. The van der Waals surface area contributed by atoms with Crippen LogP contribution in [0.1, 0.15) is 15.9 Å². The Balaban J connectivity index is 1.80. The van der Waals surface area contributed by atoms with Crippen LogP contribution < -0.4 is 5.32 Å². The molecule has 1 fully saturated rings. The molecule has 0 spiro atoms. The van der Waals surface area contributed by atoms with E-state index in [1.807, 2.05) is 61.5 Å². The minimum absolute atomic E-state index is 0.0720. The molecule has 4 rings (SSSR count). The third-order valence-corrected chi connectivity index (χ3v) is 4.58. The molecular weight excluding hydrogens is 340 g/mol. The second-order valence-corrected chi connectivity index (χ2v) is 6.62. The standard InChI is InChI=1S/C21H20N4O2/c1-15-6-5-7-16(12-15)20-18(21(27)24-11-10-22-19(26)14-24)13-25(23-20)17-8-3-2-4-9-17/h2-9,12-13H,10-11,14H2,1H3,(H,22,26). The van der Waals surface area contributed by atoms with Crippen molar-refractivity contribution in [3.8, 4) is 16.9 Å². The summed E-state index contributed by atoms with van der Waals surface area (Å²) in [6.45, 7) is 3.04. The summed E-state index contributed by atoms with van der Waals surface area (Å²) in [6.07, 6.45) is 1.75. The fourth-order valence-corrected chi connectivity index (χ4v) is 3.23. The maximum Gasteiger partial charge on any atom is 0.258 e. The first-order chi connectivity index (χ1) is 13.1. The van der Waals surface area contributed by atoms with Crippen molar-refractivity contribution in [3.05, 3.63) is 71.9 Å². The minimum atomic E-state index is -0.177. The molecule has 0 radical (unpaired) electrons. The quantitative estimate of drug-likeness (QED) is 0.780. The number of carbonyl (C=O) groups is 2. The van der Waals surface area contributed by atoms with Crippen molar-refractivity contribution in [1.29, 1.82) is 0 Å². The van der Waals surface area contributed by atoms with Gasteiger partial charge in [-0.2, -0.15) is 5.10 Å². The highest BCUT2D eigenvalue weighted by Gasteiger charge is 2.27. The maximum atomic E-state index is 13.2. The predicted molar refractivity (Wildman–Crippen MR) is 103 cm³/mol. The van der Waals surface area contributed by atoms with E-state index in [0.717, 1.165) is 16.8 Å². The van der Waals surface area contributed by atoms with Gasteiger partial charge in [0.2, 0.25) is 5.91 Å². The zero-order chi connectivity index (χ0) is 18.8. The highest BCUT2D eigenvalue weighted by atomic mass is 16.2. The van der Waals surface area contributed by atoms with Crippen LogP contribution in [0, 0.1) is 6.92 Å². The van der Waals surface area contributed by atoms with Crippen molar-refractivity contribution < 1.29 is 9.59 Å². The number of carbonyl (C=O) groups excluding carboxylic acids is 2. The van der Waals surface area contributed by atoms with Gasteiger partial charge >= 0.3 is 0 Å². The molecule has 6 heteroatoms. The van der Waals surface area contributed by atoms with Gasteiger partial charge in [0.05, 0.1) is 17.8 Å². The van der Waals surface area contributed by atoms with Crippen LogP contribution in [0.2, 0.25) is 0 Å². The average Bonchev–Trinajstić information content (AvgIpc) is 3.13. The highest BCUT2D eigenvalue weighted by molar-refractivity contribution is 6.01. The average molecular weight is 360 g/mol. The van der Waals surface area contributed by atoms with Crippen LogP contribution in [0.3, 0.4) is 0 Å². The molecular formula is C21H20N4O2. The zero-order valence-electron chi connectivity index (χ0n) is 15.1. The number of aryl methyl sites for hydroxylation is 1. The number of rotatable bonds is 3. The molecule has 1 saturated heterocycles. The largest absolute Gasteiger partial charge is 0.353 e. The van der Waals surface area contributed by atoms with Gasteiger partial charge in [0.25, 0.3) is 5.91 Å². The van der Waals surface area contributed by atoms with Crippen LogP contribution in [0.25, 0.3) is 16.9 Å². The summed E-state index contributed by atoms with van der Waals surface area (Å²) >= 11 is 0. The lowest BCUT2D eigenvalue weighted by Gasteiger charge is -2.26. The van der Waals surface area contributed by atoms with Crippen molar-refractivity contribution in [3.63, 3.8) is 0 Å². The van der Waals surface area contributed by atoms with E-state index in [-0.39, 0.29) is 18.4 Å². The molecule has 6 nitrogen and oxygen atoms in total. The monoisotopic (exact) mass is 360 g/mol. The number of nitrogens with zero attached hydrogens (tertiary/aromatic N) is 3. The molecule has 1 N–H and O–H groups in total. The van der Waals surface area contributed by atoms with E-state index in [4.69, 9.17) is 5.10 Å². The van der Waals surface area contributed by atoms with Crippen LogP contribution in [-0.2, 0) is 4.79 Å². The number of nitrogens with one attached hydrogen (secondary N) is 1. The highest BCUT2D eigenvalue weighted by Crippen LogP contribution is 2.26. The fourth-order valence-electron chi connectivity index (χ4n) is 3.23. The first kappa shape index (κ1) is 17.0. The summed E-state index contributed by atoms with van der Waals surface area (Å²) in [4.78, 5) is 26.4. The molecule has 2 amide bonds. The van der Waals surface area contributed by atoms with E-state index >= 15 is 0 Å². The van der Waals surface area contributed by atoms with Crippen LogP contribution in [-0.4, -0.2) is 46.1 Å². The Bertz CT molecular complexity index is 994. The van der Waals surface area contributed by atoms with E-state index in [0.29, 0.717) is 24.3 Å². The third-order valence-electron chi connectivity index (χ3n) is 4.58. The Morgan fingerprint density at radius 1 is 1.11 bits per heavy atom. The zero-order valence-corrected chi connectivity index (χ0v) is 15.1. The van der Waals surface area contributed by atoms with Crippen molar-refractivity contribution in [2.75, 3.05) is 19.6 Å². The van der Waals surface area contributed by atoms with E-state index in [2.05, 4.69) is 5.32 Å². The minimum Gasteiger partial charge on any atom is -0.353 e. The van der Waals surface area contributed by atoms with Gasteiger partial charge in [-0.3, -0.25) is 9.59 Å². The number of piperazine rings is 1. The van der Waals surface area contributed by atoms with Crippen LogP contribution in [0.5, 0.6) is 0 Å². The third kappa shape index (κ3) is 3.46. The number of aromatic nitrogens is 2. The van der Waals surface area contributed by atoms with Crippen molar-refractivity contribution in [1.82, 2.24) is 20.0 Å². The summed E-state index contributed by atoms with van der Waals surface area (Å²) in [5, 5.41) is 7.44. The Kier molecular flexibility index (Phi) is 4.46. The summed E-state index contributed by atoms with van der Waals surface area (Å²) in [7, 11) is 0. The maximum absolute atomic E-state index is 13.2. The van der Waals surface area contributed by atoms with Crippen LogP contribution in [0.4, 0.5) is 0 Å². The predicted octanol–water partition coefficient (Wildman–Crippen LogP) is 2.42. The van der Waals surface area contributed by atoms with E-state index < -0.39 is 0 Å². The molecule has 27 heavy (non-hydrogen) atoms. The van der Waals surface area contributed by atoms with Crippen LogP contribution in [0.15, 0.2) is 60.8 Å². The molecule has 2 heterocycles. The summed E-state index contributed by atoms with van der Waals surface area (Å²) < 4.78 is 1.72. The second kappa shape index (κ2) is 7.07. The van der Waals surface area contributed by atoms with Gasteiger partial charge in [-0.15, -0.1) is 0 Å². The summed E-state index contributed by atoms with van der Waals surface area (Å²) in [5.41, 5.74) is 3.98. The van der Waals surface area contributed by atoms with Crippen molar-refractivity contribution in [2.24, 2.45) is 0 Å². The molecule has 0 aliphatic carbocycles. The molecule has 2 aromatic carbocycles. The molecule has 1 aliphatic heterocycles. The van der Waals surface area contributed by atoms with Gasteiger partial charge in [-0.05, 0) is 25.1 Å². The second-order valence-electron chi connectivity index (χ2n) is 6.62. The molecule has 0 unspecified atom stereocenters. The van der Waals surface area contributed by atoms with Gasteiger partial charge in [-0.1, -0.05) is 42.0 Å². The van der Waals surface area contributed by atoms with Gasteiger partial charge in [0.15, 0.2) is 0 Å². The van der Waals surface area contributed by atoms with Crippen molar-refractivity contribution >= 4 is 11.8 Å². The molecule has 3 aromatic rings. The molecule has 1 aliphatic rings. The Hall–Kier alpha value is -3.41. The SMILES string of the molecule is Cc1cccc(-c2nn(-c3ccccc3)cc2C(=O)N2CCNC(=O)C2)c1. The van der Waals surface area contributed by atoms with E-state index in [1.54, 1.807) is 15.8 Å². The Morgan fingerprint density at radius 2 is 1.93 bits per heavy atom. The Labute approximate surface area is 157 Å².